The summed E-state index contributed by atoms with van der Waals surface area (Å²) in [6, 6.07) is 0. The highest BCUT2D eigenvalue weighted by Gasteiger charge is 2.21. The molecule has 0 radical (unpaired) electrons. The Bertz CT molecular complexity index is 311. The Morgan fingerprint density at radius 1 is 1.06 bits per heavy atom. The highest BCUT2D eigenvalue weighted by atomic mass is 16.4. The van der Waals surface area contributed by atoms with Gasteiger partial charge in [0, 0.05) is 0 Å². The average molecular weight is 224 g/mol. The van der Waals surface area contributed by atoms with E-state index in [0.717, 1.165) is 32.1 Å². The van der Waals surface area contributed by atoms with E-state index >= 15 is 0 Å². The lowest BCUT2D eigenvalue weighted by molar-refractivity contribution is -0.304. The van der Waals surface area contributed by atoms with E-state index in [2.05, 4.69) is 0 Å². The van der Waals surface area contributed by atoms with Crippen molar-refractivity contribution < 1.29 is 19.8 Å². The fourth-order valence-electron chi connectivity index (χ4n) is 2.37. The second-order valence-corrected chi connectivity index (χ2v) is 4.16. The molecular weight excluding hydrogens is 208 g/mol. The molecule has 1 rings (SSSR count). The first-order valence-electron chi connectivity index (χ1n) is 5.73. The Labute approximate surface area is 95.0 Å². The van der Waals surface area contributed by atoms with Gasteiger partial charge in [-0.1, -0.05) is 26.2 Å². The molecule has 0 spiro atoms. The van der Waals surface area contributed by atoms with Crippen LogP contribution in [0.15, 0.2) is 11.1 Å². The Hall–Kier alpha value is -1.32. The van der Waals surface area contributed by atoms with Crippen molar-refractivity contribution in [2.45, 2.75) is 45.4 Å². The van der Waals surface area contributed by atoms with E-state index in [0.29, 0.717) is 0 Å². The van der Waals surface area contributed by atoms with Gasteiger partial charge < -0.3 is 19.8 Å². The molecule has 4 nitrogen and oxygen atoms in total. The van der Waals surface area contributed by atoms with Gasteiger partial charge >= 0.3 is 0 Å². The first kappa shape index (κ1) is 12.7. The third kappa shape index (κ3) is 2.84. The van der Waals surface area contributed by atoms with Crippen LogP contribution >= 0.6 is 0 Å². The summed E-state index contributed by atoms with van der Waals surface area (Å²) in [7, 11) is 0. The van der Waals surface area contributed by atoms with Crippen LogP contribution in [0.4, 0.5) is 0 Å². The van der Waals surface area contributed by atoms with Gasteiger partial charge in [-0.3, -0.25) is 0 Å². The van der Waals surface area contributed by atoms with E-state index < -0.39 is 11.9 Å². The molecule has 0 saturated heterocycles. The summed E-state index contributed by atoms with van der Waals surface area (Å²) in [6.07, 6.45) is 4.63. The minimum atomic E-state index is -1.38. The van der Waals surface area contributed by atoms with Crippen molar-refractivity contribution >= 4 is 11.9 Å². The van der Waals surface area contributed by atoms with Gasteiger partial charge in [0.25, 0.3) is 0 Å². The summed E-state index contributed by atoms with van der Waals surface area (Å²) in [6.45, 7) is 1.62. The van der Waals surface area contributed by atoms with Crippen molar-refractivity contribution in [3.63, 3.8) is 0 Å². The predicted molar refractivity (Wildman–Crippen MR) is 53.9 cm³/mol. The molecular formula is C12H16O4-2. The van der Waals surface area contributed by atoms with Crippen molar-refractivity contribution in [2.24, 2.45) is 5.92 Å². The van der Waals surface area contributed by atoms with E-state index in [9.17, 15) is 19.8 Å². The monoisotopic (exact) mass is 224 g/mol. The third-order valence-electron chi connectivity index (χ3n) is 3.16. The minimum absolute atomic E-state index is 0.0396. The lowest BCUT2D eigenvalue weighted by atomic mass is 9.81. The molecule has 0 heterocycles. The summed E-state index contributed by atoms with van der Waals surface area (Å²) >= 11 is 0. The van der Waals surface area contributed by atoms with E-state index in [1.807, 2.05) is 0 Å². The van der Waals surface area contributed by atoms with Crippen LogP contribution < -0.4 is 10.2 Å². The quantitative estimate of drug-likeness (QED) is 0.618. The van der Waals surface area contributed by atoms with Gasteiger partial charge in [-0.05, 0) is 36.3 Å². The molecule has 16 heavy (non-hydrogen) atoms. The molecule has 1 aliphatic rings. The maximum atomic E-state index is 11.0. The Balaban J connectivity index is 3.04. The lowest BCUT2D eigenvalue weighted by Gasteiger charge is -2.28. The molecule has 4 heteroatoms. The normalized spacial score (nSPS) is 19.1. The number of hydrogen-bond donors (Lipinski definition) is 0. The van der Waals surface area contributed by atoms with Crippen LogP contribution in [0.2, 0.25) is 0 Å². The molecule has 0 bridgehead atoms. The highest BCUT2D eigenvalue weighted by molar-refractivity contribution is 5.97. The maximum absolute atomic E-state index is 11.0. The molecule has 0 aromatic heterocycles. The Morgan fingerprint density at radius 3 is 2.00 bits per heavy atom. The SMILES string of the molecule is CC/C(C(=O)[O-])=C(\C(=O)[O-])C1CCCCC1. The van der Waals surface area contributed by atoms with Gasteiger partial charge in [0.2, 0.25) is 0 Å². The van der Waals surface area contributed by atoms with E-state index in [1.54, 1.807) is 6.92 Å². The van der Waals surface area contributed by atoms with Crippen molar-refractivity contribution in [2.75, 3.05) is 0 Å². The summed E-state index contributed by atoms with van der Waals surface area (Å²) in [5, 5.41) is 21.9. The molecule has 1 fully saturated rings. The molecule has 0 atom stereocenters. The number of rotatable bonds is 4. The second-order valence-electron chi connectivity index (χ2n) is 4.16. The zero-order chi connectivity index (χ0) is 12.1. The minimum Gasteiger partial charge on any atom is -0.545 e. The number of carbonyl (C=O) groups is 2. The molecule has 0 unspecified atom stereocenters. The van der Waals surface area contributed by atoms with E-state index in [4.69, 9.17) is 0 Å². The van der Waals surface area contributed by atoms with E-state index in [1.165, 1.54) is 0 Å². The first-order chi connectivity index (χ1) is 7.57. The number of hydrogen-bond acceptors (Lipinski definition) is 4. The molecule has 1 aliphatic carbocycles. The summed E-state index contributed by atoms with van der Waals surface area (Å²) < 4.78 is 0. The van der Waals surface area contributed by atoms with Crippen LogP contribution in [0, 0.1) is 5.92 Å². The van der Waals surface area contributed by atoms with Gasteiger partial charge in [0.15, 0.2) is 0 Å². The van der Waals surface area contributed by atoms with Crippen LogP contribution in [0.25, 0.3) is 0 Å². The van der Waals surface area contributed by atoms with Crippen molar-refractivity contribution in [3.8, 4) is 0 Å². The summed E-state index contributed by atoms with van der Waals surface area (Å²) in [5.74, 6) is -2.91. The third-order valence-corrected chi connectivity index (χ3v) is 3.16. The first-order valence-corrected chi connectivity index (χ1v) is 5.73. The number of aliphatic carboxylic acids is 2. The van der Waals surface area contributed by atoms with E-state index in [-0.39, 0.29) is 23.5 Å². The van der Waals surface area contributed by atoms with Crippen molar-refractivity contribution in [3.05, 3.63) is 11.1 Å². The fourth-order valence-corrected chi connectivity index (χ4v) is 2.37. The largest absolute Gasteiger partial charge is 0.545 e. The van der Waals surface area contributed by atoms with Crippen molar-refractivity contribution in [1.29, 1.82) is 0 Å². The molecule has 0 aliphatic heterocycles. The average Bonchev–Trinajstić information content (AvgIpc) is 2.25. The van der Waals surface area contributed by atoms with Gasteiger partial charge in [-0.15, -0.1) is 0 Å². The van der Waals surface area contributed by atoms with Crippen LogP contribution in [-0.2, 0) is 9.59 Å². The van der Waals surface area contributed by atoms with Gasteiger partial charge in [-0.25, -0.2) is 0 Å². The topological polar surface area (TPSA) is 80.3 Å². The van der Waals surface area contributed by atoms with Crippen molar-refractivity contribution in [1.82, 2.24) is 0 Å². The highest BCUT2D eigenvalue weighted by Crippen LogP contribution is 2.31. The molecule has 0 N–H and O–H groups in total. The Kier molecular flexibility index (Phi) is 4.52. The number of carboxylic acid groups (broad SMARTS) is 2. The zero-order valence-corrected chi connectivity index (χ0v) is 9.45. The van der Waals surface area contributed by atoms with Crippen LogP contribution in [0.1, 0.15) is 45.4 Å². The van der Waals surface area contributed by atoms with Gasteiger partial charge in [0.05, 0.1) is 11.9 Å². The number of carboxylic acids is 2. The number of carbonyl (C=O) groups excluding carboxylic acids is 2. The van der Waals surface area contributed by atoms with Gasteiger partial charge in [-0.2, -0.15) is 0 Å². The Morgan fingerprint density at radius 2 is 1.62 bits per heavy atom. The molecule has 0 aromatic rings. The predicted octanol–water partition coefficient (Wildman–Crippen LogP) is -0.227. The molecule has 1 saturated carbocycles. The maximum Gasteiger partial charge on any atom is 0.0681 e. The van der Waals surface area contributed by atoms with Gasteiger partial charge in [0.1, 0.15) is 0 Å². The van der Waals surface area contributed by atoms with Crippen LogP contribution in [-0.4, -0.2) is 11.9 Å². The molecule has 90 valence electrons. The zero-order valence-electron chi connectivity index (χ0n) is 9.45. The molecule has 0 amide bonds. The standard InChI is InChI=1S/C12H18O4/c1-2-9(11(13)14)10(12(15)16)8-6-4-3-5-7-8/h8H,2-7H2,1H3,(H,13,14)(H,15,16)/p-2/b10-9+. The van der Waals surface area contributed by atoms with Crippen LogP contribution in [0.3, 0.4) is 0 Å². The summed E-state index contributed by atoms with van der Waals surface area (Å²) in [5.41, 5.74) is -0.144. The smallest absolute Gasteiger partial charge is 0.0681 e. The lowest BCUT2D eigenvalue weighted by Crippen LogP contribution is -2.35. The fraction of sp³-hybridized carbons (Fsp3) is 0.667. The molecule has 0 aromatic carbocycles. The van der Waals surface area contributed by atoms with Crippen LogP contribution in [0.5, 0.6) is 0 Å². The summed E-state index contributed by atoms with van der Waals surface area (Å²) in [4.78, 5) is 21.9. The second kappa shape index (κ2) is 5.68.